The average molecular weight is 425 g/mol. The summed E-state index contributed by atoms with van der Waals surface area (Å²) >= 11 is 0. The van der Waals surface area contributed by atoms with E-state index in [2.05, 4.69) is 15.5 Å². The first-order valence-corrected chi connectivity index (χ1v) is 10.4. The number of carboxylic acid groups (broad SMARTS) is 1. The SMILES string of the molecule is CCC(=O)N1CCN(c2ccc(NC(=O)NC(Cc3ccccc3)C(=O)O)cc2)CC1. The van der Waals surface area contributed by atoms with Gasteiger partial charge >= 0.3 is 12.0 Å². The number of nitrogens with one attached hydrogen (secondary N) is 2. The fourth-order valence-electron chi connectivity index (χ4n) is 3.57. The molecule has 0 saturated carbocycles. The van der Waals surface area contributed by atoms with Crippen LogP contribution in [0, 0.1) is 0 Å². The molecule has 0 radical (unpaired) electrons. The van der Waals surface area contributed by atoms with Crippen LogP contribution in [0.5, 0.6) is 0 Å². The third kappa shape index (κ3) is 6.21. The average Bonchev–Trinajstić information content (AvgIpc) is 2.79. The number of urea groups is 1. The van der Waals surface area contributed by atoms with Crippen molar-refractivity contribution >= 4 is 29.3 Å². The van der Waals surface area contributed by atoms with E-state index in [1.54, 1.807) is 12.1 Å². The quantitative estimate of drug-likeness (QED) is 0.634. The van der Waals surface area contributed by atoms with Crippen LogP contribution in [-0.4, -0.2) is 60.1 Å². The van der Waals surface area contributed by atoms with Crippen molar-refractivity contribution in [2.75, 3.05) is 36.4 Å². The van der Waals surface area contributed by atoms with E-state index in [-0.39, 0.29) is 12.3 Å². The highest BCUT2D eigenvalue weighted by atomic mass is 16.4. The molecule has 2 aromatic carbocycles. The molecule has 0 spiro atoms. The summed E-state index contributed by atoms with van der Waals surface area (Å²) in [6.07, 6.45) is 0.728. The van der Waals surface area contributed by atoms with Gasteiger partial charge in [0.15, 0.2) is 0 Å². The highest BCUT2D eigenvalue weighted by Gasteiger charge is 2.21. The standard InChI is InChI=1S/C23H28N4O4/c1-2-21(28)27-14-12-26(13-15-27)19-10-8-18(9-11-19)24-23(31)25-20(22(29)30)16-17-6-4-3-5-7-17/h3-11,20H,2,12-16H2,1H3,(H,29,30)(H2,24,25,31). The number of amides is 3. The van der Waals surface area contributed by atoms with Crippen LogP contribution in [-0.2, 0) is 16.0 Å². The lowest BCUT2D eigenvalue weighted by molar-refractivity contribution is -0.139. The van der Waals surface area contributed by atoms with Gasteiger partial charge in [0.2, 0.25) is 5.91 Å². The van der Waals surface area contributed by atoms with Crippen molar-refractivity contribution in [2.24, 2.45) is 0 Å². The van der Waals surface area contributed by atoms with Crippen molar-refractivity contribution in [2.45, 2.75) is 25.8 Å². The van der Waals surface area contributed by atoms with Gasteiger partial charge in [-0.15, -0.1) is 0 Å². The van der Waals surface area contributed by atoms with Gasteiger partial charge in [-0.3, -0.25) is 4.79 Å². The summed E-state index contributed by atoms with van der Waals surface area (Å²) in [7, 11) is 0. The van der Waals surface area contributed by atoms with Crippen molar-refractivity contribution in [3.63, 3.8) is 0 Å². The molecule has 3 amide bonds. The lowest BCUT2D eigenvalue weighted by Crippen LogP contribution is -2.48. The Balaban J connectivity index is 1.52. The van der Waals surface area contributed by atoms with Crippen LogP contribution < -0.4 is 15.5 Å². The van der Waals surface area contributed by atoms with Gasteiger partial charge in [0, 0.05) is 50.4 Å². The monoisotopic (exact) mass is 424 g/mol. The van der Waals surface area contributed by atoms with Gasteiger partial charge in [0.25, 0.3) is 0 Å². The summed E-state index contributed by atoms with van der Waals surface area (Å²) in [5.41, 5.74) is 2.42. The van der Waals surface area contributed by atoms with Gasteiger partial charge in [0.05, 0.1) is 0 Å². The van der Waals surface area contributed by atoms with E-state index in [0.717, 1.165) is 24.3 Å². The maximum absolute atomic E-state index is 12.3. The Morgan fingerprint density at radius 3 is 2.19 bits per heavy atom. The summed E-state index contributed by atoms with van der Waals surface area (Å²) in [5, 5.41) is 14.6. The molecule has 1 saturated heterocycles. The van der Waals surface area contributed by atoms with Gasteiger partial charge in [-0.25, -0.2) is 9.59 Å². The summed E-state index contributed by atoms with van der Waals surface area (Å²) < 4.78 is 0. The number of benzene rings is 2. The van der Waals surface area contributed by atoms with Crippen molar-refractivity contribution in [3.05, 3.63) is 60.2 Å². The third-order valence-electron chi connectivity index (χ3n) is 5.31. The molecule has 1 fully saturated rings. The molecule has 2 aromatic rings. The molecule has 3 rings (SSSR count). The van der Waals surface area contributed by atoms with Gasteiger partial charge < -0.3 is 25.5 Å². The van der Waals surface area contributed by atoms with Crippen molar-refractivity contribution < 1.29 is 19.5 Å². The molecule has 1 heterocycles. The van der Waals surface area contributed by atoms with E-state index >= 15 is 0 Å². The third-order valence-corrected chi connectivity index (χ3v) is 5.31. The second-order valence-electron chi connectivity index (χ2n) is 7.45. The van der Waals surface area contributed by atoms with E-state index in [1.165, 1.54) is 0 Å². The second-order valence-corrected chi connectivity index (χ2v) is 7.45. The summed E-state index contributed by atoms with van der Waals surface area (Å²) in [4.78, 5) is 39.7. The first kappa shape index (κ1) is 22.1. The van der Waals surface area contributed by atoms with Crippen molar-refractivity contribution in [1.29, 1.82) is 0 Å². The van der Waals surface area contributed by atoms with Crippen LogP contribution in [0.1, 0.15) is 18.9 Å². The first-order chi connectivity index (χ1) is 15.0. The van der Waals surface area contributed by atoms with Crippen LogP contribution in [0.3, 0.4) is 0 Å². The zero-order chi connectivity index (χ0) is 22.2. The number of carbonyl (C=O) groups excluding carboxylic acids is 2. The molecule has 8 nitrogen and oxygen atoms in total. The molecule has 8 heteroatoms. The second kappa shape index (κ2) is 10.5. The highest BCUT2D eigenvalue weighted by Crippen LogP contribution is 2.20. The Morgan fingerprint density at radius 2 is 1.61 bits per heavy atom. The molecule has 0 bridgehead atoms. The predicted molar refractivity (Wildman–Crippen MR) is 119 cm³/mol. The van der Waals surface area contributed by atoms with E-state index in [1.807, 2.05) is 54.3 Å². The molecule has 31 heavy (non-hydrogen) atoms. The van der Waals surface area contributed by atoms with Crippen LogP contribution in [0.15, 0.2) is 54.6 Å². The number of anilines is 2. The lowest BCUT2D eigenvalue weighted by Gasteiger charge is -2.36. The van der Waals surface area contributed by atoms with E-state index in [9.17, 15) is 19.5 Å². The van der Waals surface area contributed by atoms with Crippen LogP contribution >= 0.6 is 0 Å². The molecular weight excluding hydrogens is 396 g/mol. The van der Waals surface area contributed by atoms with Gasteiger partial charge in [-0.05, 0) is 29.8 Å². The van der Waals surface area contributed by atoms with Crippen LogP contribution in [0.2, 0.25) is 0 Å². The maximum atomic E-state index is 12.3. The number of hydrogen-bond donors (Lipinski definition) is 3. The number of aliphatic carboxylic acids is 1. The fraction of sp³-hybridized carbons (Fsp3) is 0.348. The number of carbonyl (C=O) groups is 3. The largest absolute Gasteiger partial charge is 0.480 e. The minimum Gasteiger partial charge on any atom is -0.480 e. The van der Waals surface area contributed by atoms with Crippen molar-refractivity contribution in [1.82, 2.24) is 10.2 Å². The Morgan fingerprint density at radius 1 is 0.968 bits per heavy atom. The van der Waals surface area contributed by atoms with Gasteiger partial charge in [0.1, 0.15) is 6.04 Å². The topological polar surface area (TPSA) is 102 Å². The molecule has 0 aliphatic carbocycles. The number of hydrogen-bond acceptors (Lipinski definition) is 4. The van der Waals surface area contributed by atoms with Crippen LogP contribution in [0.25, 0.3) is 0 Å². The zero-order valence-corrected chi connectivity index (χ0v) is 17.6. The number of piperazine rings is 1. The Kier molecular flexibility index (Phi) is 7.48. The first-order valence-electron chi connectivity index (χ1n) is 10.4. The molecule has 1 aliphatic heterocycles. The highest BCUT2D eigenvalue weighted by molar-refractivity contribution is 5.92. The smallest absolute Gasteiger partial charge is 0.326 e. The Hall–Kier alpha value is -3.55. The van der Waals surface area contributed by atoms with Gasteiger partial charge in [-0.1, -0.05) is 37.3 Å². The maximum Gasteiger partial charge on any atom is 0.326 e. The molecular formula is C23H28N4O4. The summed E-state index contributed by atoms with van der Waals surface area (Å²) in [6, 6.07) is 15.0. The molecule has 1 atom stereocenters. The number of carboxylic acids is 1. The molecule has 3 N–H and O–H groups in total. The van der Waals surface area contributed by atoms with Crippen molar-refractivity contribution in [3.8, 4) is 0 Å². The molecule has 0 aromatic heterocycles. The number of rotatable bonds is 7. The van der Waals surface area contributed by atoms with E-state index in [4.69, 9.17) is 0 Å². The minimum absolute atomic E-state index is 0.178. The minimum atomic E-state index is -1.09. The molecule has 164 valence electrons. The zero-order valence-electron chi connectivity index (χ0n) is 17.6. The lowest BCUT2D eigenvalue weighted by atomic mass is 10.1. The van der Waals surface area contributed by atoms with Gasteiger partial charge in [-0.2, -0.15) is 0 Å². The van der Waals surface area contributed by atoms with E-state index in [0.29, 0.717) is 25.2 Å². The van der Waals surface area contributed by atoms with Crippen LogP contribution in [0.4, 0.5) is 16.2 Å². The normalized spacial score (nSPS) is 14.6. The molecule has 1 aliphatic rings. The number of nitrogens with zero attached hydrogens (tertiary/aromatic N) is 2. The fourth-order valence-corrected chi connectivity index (χ4v) is 3.57. The summed E-state index contributed by atoms with van der Waals surface area (Å²) in [5.74, 6) is -0.910. The van der Waals surface area contributed by atoms with E-state index < -0.39 is 18.0 Å². The molecule has 1 unspecified atom stereocenters. The summed E-state index contributed by atoms with van der Waals surface area (Å²) in [6.45, 7) is 4.80. The Bertz CT molecular complexity index is 894. The predicted octanol–water partition coefficient (Wildman–Crippen LogP) is 2.56. The Labute approximate surface area is 181 Å².